The first kappa shape index (κ1) is 37.1. The standard InChI is InChI=1S/C38H33Cl2FN6O9/c1-43-26-17-30(56-4)29(55-3)16-25(26)42-24(32(43)49)12-13-44-35(52)45-14-11-22-27(47(45)36(44)53)18-37(39)33(50)46(20-7-5-19(41)6-8-20)34(51)38(37,40)31(22)23-15-21(54-2)9-10-28(23)48/h5-11,15-17,27,31,48H,12-14,18H2,1-4H3/t27-,31-,37-,38+/m1/s1. The topological polar surface area (TPSA) is 169 Å². The first-order valence-electron chi connectivity index (χ1n) is 17.3. The third-order valence-corrected chi connectivity index (χ3v) is 12.4. The molecule has 2 amide bonds. The van der Waals surface area contributed by atoms with Crippen molar-refractivity contribution in [2.24, 2.45) is 7.05 Å². The molecule has 15 nitrogen and oxygen atoms in total. The maximum Gasteiger partial charge on any atom is 0.347 e. The molecule has 18 heteroatoms. The van der Waals surface area contributed by atoms with Crippen LogP contribution in [-0.2, 0) is 36.1 Å². The van der Waals surface area contributed by atoms with Gasteiger partial charge in [0.15, 0.2) is 21.2 Å². The highest BCUT2D eigenvalue weighted by atomic mass is 35.5. The molecule has 1 aliphatic carbocycles. The third-order valence-electron chi connectivity index (χ3n) is 11.0. The minimum absolute atomic E-state index is 0.00710. The van der Waals surface area contributed by atoms with Crippen LogP contribution >= 0.6 is 23.2 Å². The van der Waals surface area contributed by atoms with E-state index in [0.29, 0.717) is 28.1 Å². The normalized spacial score (nSPS) is 22.8. The molecule has 2 aliphatic heterocycles. The summed E-state index contributed by atoms with van der Waals surface area (Å²) in [5.74, 6) is -3.02. The molecular weight excluding hydrogens is 774 g/mol. The Bertz CT molecular complexity index is 2720. The van der Waals surface area contributed by atoms with Gasteiger partial charge in [-0.1, -0.05) is 6.08 Å². The van der Waals surface area contributed by atoms with Crippen molar-refractivity contribution in [3.63, 3.8) is 0 Å². The second-order valence-electron chi connectivity index (χ2n) is 13.7. The Labute approximate surface area is 326 Å². The van der Waals surface area contributed by atoms with Gasteiger partial charge in [0, 0.05) is 50.0 Å². The molecule has 3 aromatic carbocycles. The quantitative estimate of drug-likeness (QED) is 0.140. The number of phenolic OH excluding ortho intramolecular Hbond substituents is 1. The van der Waals surface area contributed by atoms with Crippen molar-refractivity contribution in [3.8, 4) is 23.0 Å². The van der Waals surface area contributed by atoms with Crippen molar-refractivity contribution in [3.05, 3.63) is 115 Å². The van der Waals surface area contributed by atoms with Crippen LogP contribution in [0.1, 0.15) is 29.6 Å². The Kier molecular flexibility index (Phi) is 8.69. The van der Waals surface area contributed by atoms with Gasteiger partial charge in [-0.05, 0) is 48.0 Å². The lowest BCUT2D eigenvalue weighted by molar-refractivity contribution is -0.122. The smallest absolute Gasteiger partial charge is 0.347 e. The number of ether oxygens (including phenoxy) is 3. The summed E-state index contributed by atoms with van der Waals surface area (Å²) in [6.07, 6.45) is 1.10. The molecule has 1 saturated carbocycles. The number of hydrogen-bond acceptors (Lipinski definition) is 10. The predicted octanol–water partition coefficient (Wildman–Crippen LogP) is 3.37. The van der Waals surface area contributed by atoms with Crippen molar-refractivity contribution >= 4 is 51.7 Å². The monoisotopic (exact) mass is 806 g/mol. The number of aromatic nitrogens is 5. The van der Waals surface area contributed by atoms with Crippen LogP contribution in [0.3, 0.4) is 0 Å². The van der Waals surface area contributed by atoms with Crippen molar-refractivity contribution in [1.29, 1.82) is 0 Å². The molecule has 0 bridgehead atoms. The fourth-order valence-corrected chi connectivity index (χ4v) is 9.13. The van der Waals surface area contributed by atoms with E-state index in [4.69, 9.17) is 37.4 Å². The summed E-state index contributed by atoms with van der Waals surface area (Å²) < 4.78 is 34.9. The highest BCUT2D eigenvalue weighted by molar-refractivity contribution is 6.58. The van der Waals surface area contributed by atoms with Crippen LogP contribution in [0.15, 0.2) is 80.6 Å². The van der Waals surface area contributed by atoms with Gasteiger partial charge in [-0.3, -0.25) is 14.4 Å². The Balaban J connectivity index is 1.24. The third kappa shape index (κ3) is 5.08. The SMILES string of the molecule is COc1ccc(O)c([C@H]2C3=CCn4c(=O)n(CCc5nc6cc(OC)c(OC)cc6n(C)c5=O)c(=O)n4[C@@H]3C[C@@]3(Cl)C(=O)N(c4ccc(F)cc4)C(=O)[C@@]23Cl)c1. The molecule has 0 spiro atoms. The van der Waals surface area contributed by atoms with E-state index >= 15 is 0 Å². The van der Waals surface area contributed by atoms with Crippen molar-refractivity contribution in [2.45, 2.75) is 47.6 Å². The van der Waals surface area contributed by atoms with E-state index < -0.39 is 62.7 Å². The number of aryl methyl sites for hydroxylation is 2. The number of hydrogen-bond donors (Lipinski definition) is 1. The van der Waals surface area contributed by atoms with E-state index in [9.17, 15) is 33.5 Å². The molecule has 56 heavy (non-hydrogen) atoms. The van der Waals surface area contributed by atoms with Crippen LogP contribution in [0.2, 0.25) is 0 Å². The van der Waals surface area contributed by atoms with Gasteiger partial charge >= 0.3 is 11.4 Å². The molecule has 5 aromatic rings. The summed E-state index contributed by atoms with van der Waals surface area (Å²) in [6, 6.07) is 11.0. The molecule has 0 unspecified atom stereocenters. The van der Waals surface area contributed by atoms with Gasteiger partial charge in [-0.15, -0.1) is 23.2 Å². The van der Waals surface area contributed by atoms with Gasteiger partial charge in [-0.2, -0.15) is 0 Å². The number of nitrogens with zero attached hydrogens (tertiary/aromatic N) is 6. The molecule has 1 saturated heterocycles. The van der Waals surface area contributed by atoms with Crippen molar-refractivity contribution < 1.29 is 33.3 Å². The molecule has 1 N–H and O–H groups in total. The summed E-state index contributed by atoms with van der Waals surface area (Å²) in [5.41, 5.74) is -0.520. The Morgan fingerprint density at radius 1 is 0.911 bits per heavy atom. The summed E-state index contributed by atoms with van der Waals surface area (Å²) in [4.78, 5) is 71.6. The molecule has 2 aromatic heterocycles. The van der Waals surface area contributed by atoms with Crippen LogP contribution in [0.5, 0.6) is 23.0 Å². The van der Waals surface area contributed by atoms with Crippen molar-refractivity contribution in [1.82, 2.24) is 23.5 Å². The number of aromatic hydroxyl groups is 1. The fraction of sp³-hybridized carbons (Fsp3) is 0.316. The summed E-state index contributed by atoms with van der Waals surface area (Å²) in [6.45, 7) is -0.396. The molecule has 4 heterocycles. The zero-order chi connectivity index (χ0) is 40.0. The molecule has 3 aliphatic rings. The molecule has 8 rings (SSSR count). The minimum atomic E-state index is -2.28. The molecule has 0 radical (unpaired) electrons. The van der Waals surface area contributed by atoms with Crippen LogP contribution < -0.4 is 36.0 Å². The number of phenols is 1. The summed E-state index contributed by atoms with van der Waals surface area (Å²) in [7, 11) is 5.91. The Hall–Kier alpha value is -5.87. The lowest BCUT2D eigenvalue weighted by Gasteiger charge is -2.49. The van der Waals surface area contributed by atoms with Gasteiger partial charge in [0.1, 0.15) is 23.0 Å². The fourth-order valence-electron chi connectivity index (χ4n) is 8.23. The Morgan fingerprint density at radius 3 is 2.29 bits per heavy atom. The average molecular weight is 808 g/mol. The lowest BCUT2D eigenvalue weighted by atomic mass is 9.64. The maximum absolute atomic E-state index is 14.6. The van der Waals surface area contributed by atoms with Crippen LogP contribution in [0.25, 0.3) is 11.0 Å². The second-order valence-corrected chi connectivity index (χ2v) is 15.0. The average Bonchev–Trinajstić information content (AvgIpc) is 3.52. The highest BCUT2D eigenvalue weighted by Crippen LogP contribution is 2.64. The second kappa shape index (κ2) is 13.1. The summed E-state index contributed by atoms with van der Waals surface area (Å²) >= 11 is 14.7. The largest absolute Gasteiger partial charge is 0.508 e. The van der Waals surface area contributed by atoms with E-state index in [1.54, 1.807) is 25.3 Å². The van der Waals surface area contributed by atoms with E-state index in [1.807, 2.05) is 0 Å². The molecule has 290 valence electrons. The zero-order valence-electron chi connectivity index (χ0n) is 30.3. The molecular formula is C38H33Cl2FN6O9. The summed E-state index contributed by atoms with van der Waals surface area (Å²) in [5, 5.41) is 11.3. The van der Waals surface area contributed by atoms with Crippen LogP contribution in [-0.4, -0.2) is 71.5 Å². The number of halogens is 3. The molecule has 4 atom stereocenters. The number of fused-ring (bicyclic) bond motifs is 5. The number of alkyl halides is 2. The maximum atomic E-state index is 14.6. The molecule has 2 fully saturated rings. The van der Waals surface area contributed by atoms with Gasteiger partial charge < -0.3 is 23.9 Å². The predicted molar refractivity (Wildman–Crippen MR) is 202 cm³/mol. The minimum Gasteiger partial charge on any atom is -0.508 e. The first-order valence-corrected chi connectivity index (χ1v) is 18.1. The van der Waals surface area contributed by atoms with Crippen LogP contribution in [0.4, 0.5) is 10.1 Å². The van der Waals surface area contributed by atoms with Crippen molar-refractivity contribution in [2.75, 3.05) is 26.2 Å². The van der Waals surface area contributed by atoms with E-state index in [1.165, 1.54) is 65.6 Å². The number of allylic oxidation sites excluding steroid dienone is 2. The number of carbonyl (C=O) groups is 2. The van der Waals surface area contributed by atoms with Gasteiger partial charge in [0.05, 0.1) is 50.6 Å². The number of anilines is 1. The van der Waals surface area contributed by atoms with Gasteiger partial charge in [0.2, 0.25) is 0 Å². The number of amides is 2. The number of carbonyl (C=O) groups excluding carboxylic acids is 2. The lowest BCUT2D eigenvalue weighted by Crippen LogP contribution is -2.59. The highest BCUT2D eigenvalue weighted by Gasteiger charge is 2.76. The van der Waals surface area contributed by atoms with E-state index in [2.05, 4.69) is 4.98 Å². The van der Waals surface area contributed by atoms with Crippen LogP contribution in [0, 0.1) is 5.82 Å². The van der Waals surface area contributed by atoms with E-state index in [0.717, 1.165) is 21.6 Å². The van der Waals surface area contributed by atoms with Gasteiger partial charge in [0.25, 0.3) is 17.4 Å². The Morgan fingerprint density at radius 2 is 1.61 bits per heavy atom. The van der Waals surface area contributed by atoms with Gasteiger partial charge in [-0.25, -0.2) is 37.8 Å². The zero-order valence-corrected chi connectivity index (χ0v) is 31.8. The number of methoxy groups -OCH3 is 3. The number of benzene rings is 3. The number of rotatable bonds is 8. The first-order chi connectivity index (χ1) is 26.7. The van der Waals surface area contributed by atoms with E-state index in [-0.39, 0.29) is 48.0 Å². The number of imide groups is 1.